The molecule has 19 heteroatoms. The molecule has 0 aliphatic carbocycles. The Bertz CT molecular complexity index is 1250. The topological polar surface area (TPSA) is 268 Å². The van der Waals surface area contributed by atoms with Gasteiger partial charge in [-0.15, -0.1) is 11.3 Å². The molecule has 0 spiro atoms. The van der Waals surface area contributed by atoms with E-state index in [9.17, 15) is 48.6 Å². The van der Waals surface area contributed by atoms with Crippen molar-refractivity contribution in [2.75, 3.05) is 24.7 Å². The van der Waals surface area contributed by atoms with Gasteiger partial charge in [-0.1, -0.05) is 5.16 Å². The molecule has 3 aliphatic heterocycles. The first kappa shape index (κ1) is 26.4. The number of hydrogen-bond acceptors (Lipinski definition) is 14. The molecule has 1 aromatic rings. The second-order valence-corrected chi connectivity index (χ2v) is 10.7. The number of nitrogens with one attached hydrogen (secondary N) is 1. The lowest BCUT2D eigenvalue weighted by atomic mass is 9.89. The van der Waals surface area contributed by atoms with Crippen molar-refractivity contribution in [1.82, 2.24) is 15.2 Å². The fourth-order valence-electron chi connectivity index (χ4n) is 4.12. The fraction of sp³-hybridized carbons (Fsp3) is 0.500. The van der Waals surface area contributed by atoms with Crippen molar-refractivity contribution in [3.05, 3.63) is 11.1 Å². The lowest BCUT2D eigenvalue weighted by molar-refractivity contribution is -0.216. The number of hydrogen-bond donors (Lipinski definition) is 6. The molecule has 0 saturated carbocycles. The second-order valence-electron chi connectivity index (χ2n) is 8.19. The molecular formula is C18H19N5O12S2. The molecule has 0 aromatic carbocycles. The van der Waals surface area contributed by atoms with E-state index < -0.39 is 88.1 Å². The molecule has 0 radical (unpaired) electrons. The van der Waals surface area contributed by atoms with Crippen LogP contribution in [-0.2, 0) is 44.3 Å². The van der Waals surface area contributed by atoms with Crippen molar-refractivity contribution in [3.8, 4) is 0 Å². The van der Waals surface area contributed by atoms with Crippen LogP contribution in [-0.4, -0.2) is 112 Å². The minimum atomic E-state index is -2.63. The minimum absolute atomic E-state index is 0.0268. The summed E-state index contributed by atoms with van der Waals surface area (Å²) in [6.45, 7) is -2.46. The highest BCUT2D eigenvalue weighted by atomic mass is 32.2. The summed E-state index contributed by atoms with van der Waals surface area (Å²) >= 11 is 0.870. The summed E-state index contributed by atoms with van der Waals surface area (Å²) in [5.41, 5.74) is -0.355. The Kier molecular flexibility index (Phi) is 6.65. The Balaban J connectivity index is 1.63. The third-order valence-corrected chi connectivity index (χ3v) is 8.48. The number of carboxylic acids is 2. The van der Waals surface area contributed by atoms with Crippen LogP contribution in [0.4, 0.5) is 5.13 Å². The van der Waals surface area contributed by atoms with Crippen LogP contribution in [0.1, 0.15) is 12.1 Å². The lowest BCUT2D eigenvalue weighted by Gasteiger charge is -2.56. The average Bonchev–Trinajstić information content (AvgIpc) is 3.41. The van der Waals surface area contributed by atoms with Crippen LogP contribution in [0.5, 0.6) is 0 Å². The normalized spacial score (nSPS) is 29.0. The van der Waals surface area contributed by atoms with Gasteiger partial charge in [0, 0.05) is 21.9 Å². The van der Waals surface area contributed by atoms with E-state index in [1.54, 1.807) is 0 Å². The summed E-state index contributed by atoms with van der Waals surface area (Å²) in [6, 6.07) is -1.54. The molecule has 4 heterocycles. The van der Waals surface area contributed by atoms with Crippen molar-refractivity contribution in [2.45, 2.75) is 29.2 Å². The monoisotopic (exact) mass is 561 g/mol. The minimum Gasteiger partial charge on any atom is -0.478 e. The SMILES string of the molecule is Nc1nc(/C(=N/OC(CO)(CO)C(=O)O)C(=O)NC2C(=O)N3C2S(=O)CC2CC(=O)OC23C(=O)O)cs1. The van der Waals surface area contributed by atoms with E-state index >= 15 is 0 Å². The number of carboxylic acid groups (broad SMARTS) is 2. The van der Waals surface area contributed by atoms with Crippen LogP contribution in [0.3, 0.4) is 0 Å². The number of carbonyl (C=O) groups is 5. The van der Waals surface area contributed by atoms with Gasteiger partial charge in [-0.25, -0.2) is 14.6 Å². The van der Waals surface area contributed by atoms with Gasteiger partial charge in [0.1, 0.15) is 17.1 Å². The van der Waals surface area contributed by atoms with Gasteiger partial charge in [-0.2, -0.15) is 0 Å². The van der Waals surface area contributed by atoms with Crippen molar-refractivity contribution >= 4 is 62.7 Å². The van der Waals surface area contributed by atoms with Gasteiger partial charge in [0.05, 0.1) is 25.6 Å². The van der Waals surface area contributed by atoms with Crippen LogP contribution in [0.2, 0.25) is 0 Å². The highest BCUT2D eigenvalue weighted by Crippen LogP contribution is 2.47. The lowest BCUT2D eigenvalue weighted by Crippen LogP contribution is -2.83. The first-order valence-corrected chi connectivity index (χ1v) is 12.6. The third kappa shape index (κ3) is 3.99. The molecule has 37 heavy (non-hydrogen) atoms. The molecule has 3 fully saturated rings. The fourth-order valence-corrected chi connectivity index (χ4v) is 6.59. The Morgan fingerprint density at radius 2 is 2.03 bits per heavy atom. The summed E-state index contributed by atoms with van der Waals surface area (Å²) in [4.78, 5) is 70.7. The summed E-state index contributed by atoms with van der Waals surface area (Å²) < 4.78 is 17.9. The molecule has 2 amide bonds. The maximum Gasteiger partial charge on any atom is 0.370 e. The molecule has 5 atom stereocenters. The summed E-state index contributed by atoms with van der Waals surface area (Å²) in [5.74, 6) is -7.86. The number of anilines is 1. The molecule has 5 unspecified atom stereocenters. The van der Waals surface area contributed by atoms with Crippen LogP contribution < -0.4 is 11.1 Å². The van der Waals surface area contributed by atoms with Gasteiger partial charge in [0.2, 0.25) is 0 Å². The standard InChI is InChI=1S/C18H19N5O12S2/c19-16-20-7(2-36-16)9(22-35-17(4-24,5-25)14(29)30)11(27)21-10-12(28)23-13(10)37(33)3-6-1-8(26)34-18(6,23)15(31)32/h2,6,10,13,24-25H,1,3-5H2,(H2,19,20)(H,21,27)(H,29,30)(H,31,32)/b22-9-. The van der Waals surface area contributed by atoms with Gasteiger partial charge in [0.25, 0.3) is 23.1 Å². The molecule has 4 rings (SSSR count). The number of aromatic nitrogens is 1. The summed E-state index contributed by atoms with van der Waals surface area (Å²) in [5, 5.41) is 43.4. The van der Waals surface area contributed by atoms with E-state index in [1.807, 2.05) is 0 Å². The van der Waals surface area contributed by atoms with E-state index in [-0.39, 0.29) is 23.0 Å². The quantitative estimate of drug-likeness (QED) is 0.0726. The second kappa shape index (κ2) is 9.32. The first-order valence-electron chi connectivity index (χ1n) is 10.3. The molecule has 200 valence electrons. The van der Waals surface area contributed by atoms with Gasteiger partial charge >= 0.3 is 17.9 Å². The van der Waals surface area contributed by atoms with E-state index in [2.05, 4.69) is 15.5 Å². The number of rotatable bonds is 9. The smallest absolute Gasteiger partial charge is 0.370 e. The first-order chi connectivity index (χ1) is 17.4. The number of ether oxygens (including phenoxy) is 1. The summed E-state index contributed by atoms with van der Waals surface area (Å²) in [7, 11) is -1.90. The largest absolute Gasteiger partial charge is 0.478 e. The molecule has 3 aliphatic rings. The van der Waals surface area contributed by atoms with Gasteiger partial charge < -0.3 is 41.1 Å². The predicted molar refractivity (Wildman–Crippen MR) is 119 cm³/mol. The number of amides is 2. The maximum atomic E-state index is 13.1. The van der Waals surface area contributed by atoms with E-state index in [0.29, 0.717) is 4.90 Å². The zero-order valence-electron chi connectivity index (χ0n) is 18.4. The Labute approximate surface area is 212 Å². The number of aliphatic carboxylic acids is 2. The van der Waals surface area contributed by atoms with E-state index in [0.717, 1.165) is 11.3 Å². The predicted octanol–water partition coefficient (Wildman–Crippen LogP) is -3.99. The van der Waals surface area contributed by atoms with Crippen molar-refractivity contribution in [2.24, 2.45) is 11.1 Å². The molecule has 3 saturated heterocycles. The van der Waals surface area contributed by atoms with Crippen LogP contribution in [0.15, 0.2) is 10.5 Å². The molecular weight excluding hydrogens is 542 g/mol. The number of oxime groups is 1. The number of nitrogens with two attached hydrogens (primary N) is 1. The van der Waals surface area contributed by atoms with Crippen molar-refractivity contribution in [3.63, 3.8) is 0 Å². The zero-order valence-corrected chi connectivity index (χ0v) is 20.1. The maximum absolute atomic E-state index is 13.1. The zero-order chi connectivity index (χ0) is 27.3. The third-order valence-electron chi connectivity index (χ3n) is 6.06. The molecule has 1 aromatic heterocycles. The summed E-state index contributed by atoms with van der Waals surface area (Å²) in [6.07, 6.45) is -0.355. The molecule has 17 nitrogen and oxygen atoms in total. The van der Waals surface area contributed by atoms with Crippen LogP contribution in [0, 0.1) is 5.92 Å². The number of nitrogens with zero attached hydrogens (tertiary/aromatic N) is 3. The average molecular weight is 562 g/mol. The highest BCUT2D eigenvalue weighted by molar-refractivity contribution is 7.85. The molecule has 7 N–H and O–H groups in total. The Morgan fingerprint density at radius 1 is 1.35 bits per heavy atom. The Morgan fingerprint density at radius 3 is 2.57 bits per heavy atom. The number of nitrogen functional groups attached to an aromatic ring is 1. The number of β-lactam (4-membered cyclic amide) rings is 1. The van der Waals surface area contributed by atoms with Gasteiger partial charge in [-0.3, -0.25) is 23.5 Å². The number of esters is 1. The number of fused-ring (bicyclic) bond motifs is 3. The van der Waals surface area contributed by atoms with E-state index in [4.69, 9.17) is 15.3 Å². The number of thiazole rings is 1. The van der Waals surface area contributed by atoms with E-state index in [1.165, 1.54) is 5.38 Å². The Hall–Kier alpha value is -3.68. The molecule has 0 bridgehead atoms. The van der Waals surface area contributed by atoms with Crippen molar-refractivity contribution in [1.29, 1.82) is 0 Å². The number of carbonyl (C=O) groups excluding carboxylic acids is 3. The van der Waals surface area contributed by atoms with Gasteiger partial charge in [-0.05, 0) is 0 Å². The van der Waals surface area contributed by atoms with Crippen LogP contribution in [0.25, 0.3) is 0 Å². The number of aliphatic hydroxyl groups is 2. The van der Waals surface area contributed by atoms with Crippen molar-refractivity contribution < 1.29 is 58.2 Å². The number of aliphatic hydroxyl groups excluding tert-OH is 2. The van der Waals surface area contributed by atoms with Gasteiger partial charge in [0.15, 0.2) is 10.8 Å². The van der Waals surface area contributed by atoms with Crippen LogP contribution >= 0.6 is 11.3 Å². The highest BCUT2D eigenvalue weighted by Gasteiger charge is 2.73.